The lowest BCUT2D eigenvalue weighted by molar-refractivity contribution is 0.627. The fraction of sp³-hybridized carbons (Fsp3) is 0.308. The van der Waals surface area contributed by atoms with Gasteiger partial charge in [-0.25, -0.2) is 4.39 Å². The number of anilines is 3. The maximum atomic E-state index is 12.8. The van der Waals surface area contributed by atoms with Crippen molar-refractivity contribution in [3.63, 3.8) is 0 Å². The summed E-state index contributed by atoms with van der Waals surface area (Å²) in [5, 5.41) is 13.9. The predicted molar refractivity (Wildman–Crippen MR) is 72.9 cm³/mol. The highest BCUT2D eigenvalue weighted by molar-refractivity contribution is 5.53. The molecule has 1 aromatic carbocycles. The Morgan fingerprint density at radius 1 is 1.11 bits per heavy atom. The number of benzene rings is 1. The summed E-state index contributed by atoms with van der Waals surface area (Å²) < 4.78 is 12.8. The number of aromatic nitrogens is 3. The molecule has 1 heterocycles. The third kappa shape index (κ3) is 4.17. The van der Waals surface area contributed by atoms with E-state index in [1.807, 2.05) is 20.8 Å². The van der Waals surface area contributed by atoms with Crippen LogP contribution in [0, 0.1) is 5.82 Å². The number of hydrogen-bond donors (Lipinski definition) is 2. The van der Waals surface area contributed by atoms with Gasteiger partial charge in [-0.2, -0.15) is 10.1 Å². The van der Waals surface area contributed by atoms with Gasteiger partial charge < -0.3 is 10.6 Å². The molecule has 19 heavy (non-hydrogen) atoms. The van der Waals surface area contributed by atoms with Gasteiger partial charge in [-0.1, -0.05) is 0 Å². The molecule has 0 spiro atoms. The molecule has 0 saturated carbocycles. The van der Waals surface area contributed by atoms with E-state index in [0.29, 0.717) is 17.5 Å². The van der Waals surface area contributed by atoms with E-state index in [1.54, 1.807) is 18.3 Å². The minimum atomic E-state index is -0.284. The first-order valence-corrected chi connectivity index (χ1v) is 5.93. The summed E-state index contributed by atoms with van der Waals surface area (Å²) in [6.07, 6.45) is 1.56. The monoisotopic (exact) mass is 261 g/mol. The average molecular weight is 261 g/mol. The quantitative estimate of drug-likeness (QED) is 0.889. The van der Waals surface area contributed by atoms with Crippen LogP contribution in [0.4, 0.5) is 21.8 Å². The first-order valence-electron chi connectivity index (χ1n) is 5.93. The van der Waals surface area contributed by atoms with E-state index in [1.165, 1.54) is 12.1 Å². The summed E-state index contributed by atoms with van der Waals surface area (Å²) in [5.41, 5.74) is 0.597. The Kier molecular flexibility index (Phi) is 3.59. The lowest BCUT2D eigenvalue weighted by Gasteiger charge is -2.20. The number of nitrogens with zero attached hydrogens (tertiary/aromatic N) is 3. The second kappa shape index (κ2) is 5.17. The van der Waals surface area contributed by atoms with Crippen LogP contribution in [-0.2, 0) is 0 Å². The minimum absolute atomic E-state index is 0.108. The lowest BCUT2D eigenvalue weighted by atomic mass is 10.1. The molecule has 0 amide bonds. The highest BCUT2D eigenvalue weighted by atomic mass is 19.1. The number of nitrogens with one attached hydrogen (secondary N) is 2. The standard InChI is InChI=1S/C13H16FN5/c1-13(2,3)18-11-8-15-19-12(17-11)16-10-6-4-9(14)5-7-10/h4-8H,1-3H3,(H2,16,17,18,19). The molecule has 2 N–H and O–H groups in total. The molecule has 0 unspecified atom stereocenters. The first kappa shape index (κ1) is 13.2. The highest BCUT2D eigenvalue weighted by Gasteiger charge is 2.11. The first-order chi connectivity index (χ1) is 8.92. The van der Waals surface area contributed by atoms with Gasteiger partial charge in [0.15, 0.2) is 5.82 Å². The molecule has 0 saturated heterocycles. The molecule has 5 nitrogen and oxygen atoms in total. The van der Waals surface area contributed by atoms with Crippen molar-refractivity contribution in [2.24, 2.45) is 0 Å². The average Bonchev–Trinajstić information content (AvgIpc) is 2.30. The van der Waals surface area contributed by atoms with Gasteiger partial charge in [0.2, 0.25) is 5.95 Å². The fourth-order valence-electron chi connectivity index (χ4n) is 1.46. The third-order valence-corrected chi connectivity index (χ3v) is 2.16. The van der Waals surface area contributed by atoms with Gasteiger partial charge in [0.05, 0.1) is 6.20 Å². The van der Waals surface area contributed by atoms with Crippen LogP contribution in [0.2, 0.25) is 0 Å². The van der Waals surface area contributed by atoms with Crippen molar-refractivity contribution in [2.45, 2.75) is 26.3 Å². The van der Waals surface area contributed by atoms with Crippen LogP contribution in [0.25, 0.3) is 0 Å². The topological polar surface area (TPSA) is 62.7 Å². The van der Waals surface area contributed by atoms with Crippen molar-refractivity contribution < 1.29 is 4.39 Å². The van der Waals surface area contributed by atoms with Gasteiger partial charge in [0, 0.05) is 11.2 Å². The van der Waals surface area contributed by atoms with E-state index in [-0.39, 0.29) is 11.4 Å². The van der Waals surface area contributed by atoms with Crippen LogP contribution in [0.3, 0.4) is 0 Å². The maximum absolute atomic E-state index is 12.8. The summed E-state index contributed by atoms with van der Waals surface area (Å²) in [7, 11) is 0. The number of halogens is 1. The summed E-state index contributed by atoms with van der Waals surface area (Å²) in [6.45, 7) is 6.09. The van der Waals surface area contributed by atoms with Crippen LogP contribution in [0.1, 0.15) is 20.8 Å². The van der Waals surface area contributed by atoms with Crippen molar-refractivity contribution in [2.75, 3.05) is 10.6 Å². The Hall–Kier alpha value is -2.24. The zero-order chi connectivity index (χ0) is 13.9. The van der Waals surface area contributed by atoms with E-state index < -0.39 is 0 Å². The van der Waals surface area contributed by atoms with E-state index in [2.05, 4.69) is 25.8 Å². The molecule has 100 valence electrons. The Bertz CT molecular complexity index is 548. The lowest BCUT2D eigenvalue weighted by Crippen LogP contribution is -2.27. The van der Waals surface area contributed by atoms with Crippen LogP contribution < -0.4 is 10.6 Å². The van der Waals surface area contributed by atoms with Crippen molar-refractivity contribution in [1.82, 2.24) is 15.2 Å². The Morgan fingerprint density at radius 3 is 2.42 bits per heavy atom. The molecule has 0 bridgehead atoms. The molecule has 2 rings (SSSR count). The van der Waals surface area contributed by atoms with Crippen LogP contribution >= 0.6 is 0 Å². The zero-order valence-corrected chi connectivity index (χ0v) is 11.1. The van der Waals surface area contributed by atoms with Crippen molar-refractivity contribution >= 4 is 17.5 Å². The summed E-state index contributed by atoms with van der Waals surface area (Å²) in [4.78, 5) is 4.29. The van der Waals surface area contributed by atoms with Crippen LogP contribution in [0.5, 0.6) is 0 Å². The maximum Gasteiger partial charge on any atom is 0.249 e. The molecule has 0 fully saturated rings. The summed E-state index contributed by atoms with van der Waals surface area (Å²) in [6, 6.07) is 5.96. The molecule has 1 aromatic heterocycles. The molecule has 2 aromatic rings. The van der Waals surface area contributed by atoms with Gasteiger partial charge >= 0.3 is 0 Å². The van der Waals surface area contributed by atoms with E-state index >= 15 is 0 Å². The van der Waals surface area contributed by atoms with Gasteiger partial charge in [0.25, 0.3) is 0 Å². The predicted octanol–water partition coefficient (Wildman–Crippen LogP) is 2.96. The molecular formula is C13H16FN5. The minimum Gasteiger partial charge on any atom is -0.364 e. The molecular weight excluding hydrogens is 245 g/mol. The smallest absolute Gasteiger partial charge is 0.249 e. The number of rotatable bonds is 3. The molecule has 0 atom stereocenters. The van der Waals surface area contributed by atoms with Crippen molar-refractivity contribution in [1.29, 1.82) is 0 Å². The van der Waals surface area contributed by atoms with Gasteiger partial charge in [-0.3, -0.25) is 0 Å². The fourth-order valence-corrected chi connectivity index (χ4v) is 1.46. The Balaban J connectivity index is 2.13. The summed E-state index contributed by atoms with van der Waals surface area (Å²) >= 11 is 0. The molecule has 0 radical (unpaired) electrons. The highest BCUT2D eigenvalue weighted by Crippen LogP contribution is 2.15. The van der Waals surface area contributed by atoms with Gasteiger partial charge in [0.1, 0.15) is 5.82 Å². The molecule has 6 heteroatoms. The third-order valence-electron chi connectivity index (χ3n) is 2.16. The zero-order valence-electron chi connectivity index (χ0n) is 11.1. The number of hydrogen-bond acceptors (Lipinski definition) is 5. The molecule has 0 aliphatic rings. The van der Waals surface area contributed by atoms with E-state index in [4.69, 9.17) is 0 Å². The Morgan fingerprint density at radius 2 is 1.79 bits per heavy atom. The largest absolute Gasteiger partial charge is 0.364 e. The van der Waals surface area contributed by atoms with E-state index in [9.17, 15) is 4.39 Å². The summed E-state index contributed by atoms with van der Waals surface area (Å²) in [5.74, 6) is 0.709. The van der Waals surface area contributed by atoms with Crippen molar-refractivity contribution in [3.8, 4) is 0 Å². The molecule has 0 aliphatic heterocycles. The van der Waals surface area contributed by atoms with Crippen LogP contribution in [-0.4, -0.2) is 20.7 Å². The normalized spacial score (nSPS) is 11.2. The Labute approximate surface area is 111 Å². The van der Waals surface area contributed by atoms with Gasteiger partial charge in [-0.05, 0) is 45.0 Å². The van der Waals surface area contributed by atoms with E-state index in [0.717, 1.165) is 0 Å². The van der Waals surface area contributed by atoms with Crippen LogP contribution in [0.15, 0.2) is 30.5 Å². The van der Waals surface area contributed by atoms with Gasteiger partial charge in [-0.15, -0.1) is 5.10 Å². The molecule has 0 aliphatic carbocycles. The second-order valence-corrected chi connectivity index (χ2v) is 5.17. The van der Waals surface area contributed by atoms with Crippen molar-refractivity contribution in [3.05, 3.63) is 36.3 Å². The SMILES string of the molecule is CC(C)(C)Nc1cnnc(Nc2ccc(F)cc2)n1. The second-order valence-electron chi connectivity index (χ2n) is 5.17.